The number of fused-ring (bicyclic) bond motifs is 1. The maximum Gasteiger partial charge on any atom is 0.341 e. The Kier molecular flexibility index (Phi) is 3.80. The van der Waals surface area contributed by atoms with Gasteiger partial charge in [-0.15, -0.1) is 0 Å². The Balaban J connectivity index is 1.68. The Morgan fingerprint density at radius 1 is 1.43 bits per heavy atom. The Labute approximate surface area is 124 Å². The lowest BCUT2D eigenvalue weighted by atomic mass is 10.1. The molecule has 110 valence electrons. The van der Waals surface area contributed by atoms with Gasteiger partial charge >= 0.3 is 5.97 Å². The fourth-order valence-electron chi connectivity index (χ4n) is 2.94. The van der Waals surface area contributed by atoms with E-state index in [4.69, 9.17) is 9.15 Å². The molecule has 1 aliphatic rings. The van der Waals surface area contributed by atoms with Gasteiger partial charge in [0.25, 0.3) is 0 Å². The third-order valence-electron chi connectivity index (χ3n) is 4.03. The van der Waals surface area contributed by atoms with Gasteiger partial charge in [0, 0.05) is 6.04 Å². The highest BCUT2D eigenvalue weighted by molar-refractivity contribution is 5.90. The van der Waals surface area contributed by atoms with Crippen molar-refractivity contribution in [1.29, 1.82) is 0 Å². The molecule has 0 amide bonds. The zero-order chi connectivity index (χ0) is 14.8. The number of aryl methyl sites for hydroxylation is 2. The second kappa shape index (κ2) is 5.74. The second-order valence-electron chi connectivity index (χ2n) is 5.35. The molecule has 0 saturated heterocycles. The number of carbonyl (C=O) groups excluding carboxylic acids is 1. The second-order valence-corrected chi connectivity index (χ2v) is 5.35. The molecule has 1 heterocycles. The molecule has 0 spiro atoms. The number of furan rings is 1. The summed E-state index contributed by atoms with van der Waals surface area (Å²) in [6.07, 6.45) is 2.21. The minimum absolute atomic E-state index is 0.353. The predicted molar refractivity (Wildman–Crippen MR) is 79.1 cm³/mol. The van der Waals surface area contributed by atoms with Gasteiger partial charge in [-0.25, -0.2) is 4.79 Å². The van der Waals surface area contributed by atoms with Gasteiger partial charge in [-0.1, -0.05) is 24.3 Å². The lowest BCUT2D eigenvalue weighted by Crippen LogP contribution is -2.18. The molecule has 21 heavy (non-hydrogen) atoms. The summed E-state index contributed by atoms with van der Waals surface area (Å²) in [5, 5.41) is 3.51. The molecule has 1 aliphatic carbocycles. The third kappa shape index (κ3) is 2.72. The molecule has 0 aliphatic heterocycles. The maximum atomic E-state index is 11.6. The molecule has 1 aromatic heterocycles. The summed E-state index contributed by atoms with van der Waals surface area (Å²) in [6, 6.07) is 10.6. The first-order valence-corrected chi connectivity index (χ1v) is 7.18. The van der Waals surface area contributed by atoms with Gasteiger partial charge in [-0.2, -0.15) is 0 Å². The van der Waals surface area contributed by atoms with E-state index >= 15 is 0 Å². The van der Waals surface area contributed by atoms with Crippen LogP contribution in [0.2, 0.25) is 0 Å². The molecule has 3 rings (SSSR count). The summed E-state index contributed by atoms with van der Waals surface area (Å²) in [4.78, 5) is 11.6. The van der Waals surface area contributed by atoms with Crippen LogP contribution in [0.4, 0.5) is 0 Å². The number of benzene rings is 1. The molecular weight excluding hydrogens is 266 g/mol. The number of hydrogen-bond donors (Lipinski definition) is 1. The highest BCUT2D eigenvalue weighted by Crippen LogP contribution is 2.31. The Morgan fingerprint density at radius 2 is 2.24 bits per heavy atom. The van der Waals surface area contributed by atoms with E-state index in [1.165, 1.54) is 18.2 Å². The number of ether oxygens (including phenoxy) is 1. The van der Waals surface area contributed by atoms with Crippen molar-refractivity contribution < 1.29 is 13.9 Å². The van der Waals surface area contributed by atoms with E-state index in [0.29, 0.717) is 23.9 Å². The third-order valence-corrected chi connectivity index (χ3v) is 4.03. The average Bonchev–Trinajstić information content (AvgIpc) is 3.08. The van der Waals surface area contributed by atoms with E-state index in [9.17, 15) is 4.79 Å². The molecule has 1 unspecified atom stereocenters. The number of nitrogens with one attached hydrogen (secondary N) is 1. The lowest BCUT2D eigenvalue weighted by molar-refractivity contribution is 0.0599. The van der Waals surface area contributed by atoms with E-state index in [1.807, 2.05) is 0 Å². The topological polar surface area (TPSA) is 51.5 Å². The van der Waals surface area contributed by atoms with Crippen molar-refractivity contribution in [2.75, 3.05) is 7.11 Å². The van der Waals surface area contributed by atoms with Crippen LogP contribution < -0.4 is 5.32 Å². The number of methoxy groups -OCH3 is 1. The standard InChI is InChI=1S/C17H19NO3/c1-11-15(17(19)20-2)9-13(21-11)10-18-16-8-7-12-5-3-4-6-14(12)16/h3-6,9,16,18H,7-8,10H2,1-2H3. The van der Waals surface area contributed by atoms with E-state index < -0.39 is 0 Å². The zero-order valence-corrected chi connectivity index (χ0v) is 12.3. The molecule has 1 N–H and O–H groups in total. The van der Waals surface area contributed by atoms with Crippen LogP contribution in [0.5, 0.6) is 0 Å². The lowest BCUT2D eigenvalue weighted by Gasteiger charge is -2.12. The van der Waals surface area contributed by atoms with Crippen molar-refractivity contribution in [3.05, 3.63) is 58.5 Å². The smallest absolute Gasteiger partial charge is 0.341 e. The number of rotatable bonds is 4. The quantitative estimate of drug-likeness (QED) is 0.877. The van der Waals surface area contributed by atoms with E-state index in [2.05, 4.69) is 29.6 Å². The van der Waals surface area contributed by atoms with Gasteiger partial charge in [-0.05, 0) is 37.0 Å². The van der Waals surface area contributed by atoms with Gasteiger partial charge in [0.05, 0.1) is 13.7 Å². The molecule has 0 saturated carbocycles. The first kappa shape index (κ1) is 13.9. The van der Waals surface area contributed by atoms with Crippen LogP contribution in [-0.2, 0) is 17.7 Å². The maximum absolute atomic E-state index is 11.6. The minimum Gasteiger partial charge on any atom is -0.465 e. The molecule has 1 atom stereocenters. The highest BCUT2D eigenvalue weighted by atomic mass is 16.5. The van der Waals surface area contributed by atoms with Crippen molar-refractivity contribution >= 4 is 5.97 Å². The molecular formula is C17H19NO3. The SMILES string of the molecule is COC(=O)c1cc(CNC2CCc3ccccc32)oc1C. The zero-order valence-electron chi connectivity index (χ0n) is 12.3. The van der Waals surface area contributed by atoms with Gasteiger partial charge in [0.15, 0.2) is 0 Å². The van der Waals surface area contributed by atoms with E-state index in [1.54, 1.807) is 13.0 Å². The van der Waals surface area contributed by atoms with Crippen LogP contribution in [0.15, 0.2) is 34.7 Å². The van der Waals surface area contributed by atoms with Crippen molar-refractivity contribution in [3.8, 4) is 0 Å². The largest absolute Gasteiger partial charge is 0.465 e. The molecule has 0 radical (unpaired) electrons. The van der Waals surface area contributed by atoms with Crippen LogP contribution in [0, 0.1) is 6.92 Å². The number of esters is 1. The average molecular weight is 285 g/mol. The molecule has 0 fully saturated rings. The summed E-state index contributed by atoms with van der Waals surface area (Å²) in [6.45, 7) is 2.39. The van der Waals surface area contributed by atoms with E-state index in [0.717, 1.165) is 18.6 Å². The molecule has 1 aromatic carbocycles. The normalized spacial score (nSPS) is 16.8. The summed E-state index contributed by atoms with van der Waals surface area (Å²) >= 11 is 0. The van der Waals surface area contributed by atoms with Crippen molar-refractivity contribution in [2.24, 2.45) is 0 Å². The van der Waals surface area contributed by atoms with Gasteiger partial charge < -0.3 is 14.5 Å². The van der Waals surface area contributed by atoms with Gasteiger partial charge in [0.1, 0.15) is 17.1 Å². The summed E-state index contributed by atoms with van der Waals surface area (Å²) < 4.78 is 10.4. The number of hydrogen-bond acceptors (Lipinski definition) is 4. The fourth-order valence-corrected chi connectivity index (χ4v) is 2.94. The Morgan fingerprint density at radius 3 is 3.05 bits per heavy atom. The predicted octanol–water partition coefficient (Wildman–Crippen LogP) is 3.15. The summed E-state index contributed by atoms with van der Waals surface area (Å²) in [5.74, 6) is 1.01. The van der Waals surface area contributed by atoms with Crippen molar-refractivity contribution in [1.82, 2.24) is 5.32 Å². The Hall–Kier alpha value is -2.07. The number of carbonyl (C=O) groups is 1. The van der Waals surface area contributed by atoms with Crippen molar-refractivity contribution in [3.63, 3.8) is 0 Å². The van der Waals surface area contributed by atoms with Crippen LogP contribution in [0.3, 0.4) is 0 Å². The highest BCUT2D eigenvalue weighted by Gasteiger charge is 2.22. The van der Waals surface area contributed by atoms with Gasteiger partial charge in [0.2, 0.25) is 0 Å². The fraction of sp³-hybridized carbons (Fsp3) is 0.353. The molecule has 0 bridgehead atoms. The van der Waals surface area contributed by atoms with E-state index in [-0.39, 0.29) is 5.97 Å². The van der Waals surface area contributed by atoms with Gasteiger partial charge in [-0.3, -0.25) is 0 Å². The summed E-state index contributed by atoms with van der Waals surface area (Å²) in [5.41, 5.74) is 3.29. The van der Waals surface area contributed by atoms with Crippen molar-refractivity contribution in [2.45, 2.75) is 32.4 Å². The molecule has 4 nitrogen and oxygen atoms in total. The first-order chi connectivity index (χ1) is 10.2. The monoisotopic (exact) mass is 285 g/mol. The van der Waals surface area contributed by atoms with Crippen LogP contribution in [0.25, 0.3) is 0 Å². The van der Waals surface area contributed by atoms with Crippen LogP contribution in [-0.4, -0.2) is 13.1 Å². The molecule has 2 aromatic rings. The van der Waals surface area contributed by atoms with Crippen LogP contribution >= 0.6 is 0 Å². The van der Waals surface area contributed by atoms with Crippen LogP contribution in [0.1, 0.15) is 45.5 Å². The summed E-state index contributed by atoms with van der Waals surface area (Å²) in [7, 11) is 1.38. The first-order valence-electron chi connectivity index (χ1n) is 7.18. The minimum atomic E-state index is -0.353. The molecule has 4 heteroatoms. The Bertz CT molecular complexity index is 660.